The molecule has 0 saturated carbocycles. The highest BCUT2D eigenvalue weighted by molar-refractivity contribution is 6.40. The predicted octanol–water partition coefficient (Wildman–Crippen LogP) is 21.3. The second-order valence-electron chi connectivity index (χ2n) is 21.3. The van der Waals surface area contributed by atoms with Crippen LogP contribution in [0.25, 0.3) is 76.8 Å². The third-order valence-corrected chi connectivity index (χ3v) is 15.5. The predicted molar refractivity (Wildman–Crippen MR) is 328 cm³/mol. The largest absolute Gasteiger partial charge is 0.310 e. The Bertz CT molecular complexity index is 4020. The SMILES string of the molecule is CC(C)(C)c1cc2c(-c3ccccc3)c(-c3ccccc3)c3c4cc(c5c(-c6ccccc6)c(-c6ccccc6)c(c1)c2c35)N(c1ccccc1)c1cccc(c1)N(c1ccccc1)c1cccc(c1)N4c1ccccc1. The highest BCUT2D eigenvalue weighted by Crippen LogP contribution is 2.61. The number of para-hydroxylation sites is 3. The molecule has 0 fully saturated rings. The van der Waals surface area contributed by atoms with Gasteiger partial charge in [0.2, 0.25) is 0 Å². The highest BCUT2D eigenvalue weighted by Gasteiger charge is 2.34. The van der Waals surface area contributed by atoms with Crippen molar-refractivity contribution < 1.29 is 0 Å². The number of hydrogen-bond acceptors (Lipinski definition) is 3. The van der Waals surface area contributed by atoms with Gasteiger partial charge in [-0.3, -0.25) is 0 Å². The number of rotatable bonds is 7. The van der Waals surface area contributed by atoms with Crippen molar-refractivity contribution in [3.63, 3.8) is 0 Å². The standard InChI is InChI=1S/C74H55N3/c1-74(2,3)54-45-62-66(50-27-11-4-12-28-50)68(52-31-15-6-16-32-52)71-64-49-65(72-69(53-33-17-7-18-34-53)67(51-29-13-5-14-30-51)63(46-54)70(62)73(71)72)77(57-39-23-10-24-40-57)61-44-26-42-59(48-61)75(55-35-19-8-20-36-55)58-41-25-43-60(47-58)76(64)56-37-21-9-22-38-56/h4-49H,1-3H3. The number of anilines is 9. The lowest BCUT2D eigenvalue weighted by atomic mass is 9.74. The maximum Gasteiger partial charge on any atom is 0.0568 e. The molecule has 13 aromatic carbocycles. The smallest absolute Gasteiger partial charge is 0.0568 e. The summed E-state index contributed by atoms with van der Waals surface area (Å²) in [5.74, 6) is 0. The van der Waals surface area contributed by atoms with Gasteiger partial charge in [0, 0.05) is 67.1 Å². The summed E-state index contributed by atoms with van der Waals surface area (Å²) >= 11 is 0. The van der Waals surface area contributed by atoms with Crippen LogP contribution in [0.4, 0.5) is 51.2 Å². The number of nitrogens with zero attached hydrogens (tertiary/aromatic N) is 3. The summed E-state index contributed by atoms with van der Waals surface area (Å²) in [6, 6.07) is 103. The molecule has 0 atom stereocenters. The van der Waals surface area contributed by atoms with Gasteiger partial charge < -0.3 is 14.7 Å². The van der Waals surface area contributed by atoms with Crippen LogP contribution in [-0.4, -0.2) is 0 Å². The topological polar surface area (TPSA) is 9.72 Å². The van der Waals surface area contributed by atoms with Crippen molar-refractivity contribution in [1.82, 2.24) is 0 Å². The molecule has 0 amide bonds. The van der Waals surface area contributed by atoms with Gasteiger partial charge in [-0.25, -0.2) is 0 Å². The molecule has 0 saturated heterocycles. The molecule has 1 aliphatic rings. The third kappa shape index (κ3) is 7.73. The first-order chi connectivity index (χ1) is 37.9. The molecule has 77 heavy (non-hydrogen) atoms. The Morgan fingerprint density at radius 2 is 0.519 bits per heavy atom. The average Bonchev–Trinajstić information content (AvgIpc) is 3.60. The van der Waals surface area contributed by atoms with Crippen molar-refractivity contribution in [3.05, 3.63) is 285 Å². The van der Waals surface area contributed by atoms with E-state index in [0.29, 0.717) is 0 Å². The highest BCUT2D eigenvalue weighted by atomic mass is 15.2. The zero-order chi connectivity index (χ0) is 51.6. The van der Waals surface area contributed by atoms with Gasteiger partial charge in [-0.15, -0.1) is 0 Å². The Balaban J connectivity index is 1.33. The van der Waals surface area contributed by atoms with Crippen LogP contribution in [0, 0.1) is 0 Å². The summed E-state index contributed by atoms with van der Waals surface area (Å²) in [4.78, 5) is 7.46. The second-order valence-corrected chi connectivity index (χ2v) is 21.3. The van der Waals surface area contributed by atoms with Crippen LogP contribution in [0.15, 0.2) is 279 Å². The molecular weight excluding hydrogens is 931 g/mol. The summed E-state index contributed by atoms with van der Waals surface area (Å²) in [6.45, 7) is 7.08. The monoisotopic (exact) mass is 985 g/mol. The Morgan fingerprint density at radius 3 is 0.857 bits per heavy atom. The van der Waals surface area contributed by atoms with Crippen molar-refractivity contribution in [2.75, 3.05) is 14.7 Å². The van der Waals surface area contributed by atoms with E-state index in [0.717, 1.165) is 62.3 Å². The van der Waals surface area contributed by atoms with E-state index >= 15 is 0 Å². The number of hydrogen-bond donors (Lipinski definition) is 0. The lowest BCUT2D eigenvalue weighted by Gasteiger charge is -2.37. The summed E-state index contributed by atoms with van der Waals surface area (Å²) in [5, 5.41) is 7.29. The summed E-state index contributed by atoms with van der Waals surface area (Å²) in [7, 11) is 0. The van der Waals surface area contributed by atoms with Gasteiger partial charge in [0.15, 0.2) is 0 Å². The minimum absolute atomic E-state index is 0.186. The Kier molecular flexibility index (Phi) is 11.1. The van der Waals surface area contributed by atoms with E-state index in [1.807, 2.05) is 0 Å². The number of benzene rings is 13. The normalized spacial score (nSPS) is 12.5. The van der Waals surface area contributed by atoms with Crippen LogP contribution in [0.5, 0.6) is 0 Å². The van der Waals surface area contributed by atoms with Gasteiger partial charge in [0.05, 0.1) is 11.4 Å². The van der Waals surface area contributed by atoms with Crippen LogP contribution < -0.4 is 14.7 Å². The fourth-order valence-corrected chi connectivity index (χ4v) is 12.2. The molecule has 6 bridgehead atoms. The van der Waals surface area contributed by atoms with Crippen molar-refractivity contribution in [2.24, 2.45) is 0 Å². The van der Waals surface area contributed by atoms with E-state index in [4.69, 9.17) is 0 Å². The van der Waals surface area contributed by atoms with E-state index in [-0.39, 0.29) is 5.41 Å². The fourth-order valence-electron chi connectivity index (χ4n) is 12.2. The molecule has 0 aliphatic carbocycles. The maximum absolute atomic E-state index is 2.53. The van der Waals surface area contributed by atoms with Gasteiger partial charge in [-0.2, -0.15) is 0 Å². The van der Waals surface area contributed by atoms with Crippen molar-refractivity contribution >= 4 is 83.5 Å². The molecule has 0 spiro atoms. The molecule has 0 radical (unpaired) electrons. The van der Waals surface area contributed by atoms with Crippen molar-refractivity contribution in [1.29, 1.82) is 0 Å². The van der Waals surface area contributed by atoms with Gasteiger partial charge >= 0.3 is 0 Å². The van der Waals surface area contributed by atoms with Crippen LogP contribution >= 0.6 is 0 Å². The van der Waals surface area contributed by atoms with E-state index in [1.54, 1.807) is 0 Å². The molecule has 13 aromatic rings. The second kappa shape index (κ2) is 18.6. The number of fused-ring (bicyclic) bond motifs is 8. The van der Waals surface area contributed by atoms with E-state index < -0.39 is 0 Å². The molecular formula is C74H55N3. The van der Waals surface area contributed by atoms with E-state index in [2.05, 4.69) is 315 Å². The molecule has 1 heterocycles. The molecule has 3 nitrogen and oxygen atoms in total. The average molecular weight is 986 g/mol. The van der Waals surface area contributed by atoms with Crippen molar-refractivity contribution in [3.8, 4) is 44.5 Å². The molecule has 0 aromatic heterocycles. The summed E-state index contributed by atoms with van der Waals surface area (Å²) in [5.41, 5.74) is 20.1. The Hall–Kier alpha value is -9.70. The van der Waals surface area contributed by atoms with Crippen LogP contribution in [0.2, 0.25) is 0 Å². The zero-order valence-corrected chi connectivity index (χ0v) is 43.4. The quantitative estimate of drug-likeness (QED) is 0.147. The molecule has 0 unspecified atom stereocenters. The lowest BCUT2D eigenvalue weighted by Crippen LogP contribution is -2.18. The summed E-state index contributed by atoms with van der Waals surface area (Å²) < 4.78 is 0. The van der Waals surface area contributed by atoms with Crippen LogP contribution in [0.1, 0.15) is 26.3 Å². The molecule has 366 valence electrons. The van der Waals surface area contributed by atoms with E-state index in [9.17, 15) is 0 Å². The maximum atomic E-state index is 2.53. The first kappa shape index (κ1) is 45.9. The minimum atomic E-state index is -0.186. The summed E-state index contributed by atoms with van der Waals surface area (Å²) in [6.07, 6.45) is 0. The van der Waals surface area contributed by atoms with Gasteiger partial charge in [-0.05, 0) is 152 Å². The third-order valence-electron chi connectivity index (χ3n) is 15.5. The first-order valence-electron chi connectivity index (χ1n) is 26.8. The lowest BCUT2D eigenvalue weighted by molar-refractivity contribution is 0.592. The molecule has 3 heteroatoms. The molecule has 1 aliphatic heterocycles. The molecule has 0 N–H and O–H groups in total. The fraction of sp³-hybridized carbons (Fsp3) is 0.0541. The van der Waals surface area contributed by atoms with E-state index in [1.165, 1.54) is 71.3 Å². The molecule has 14 rings (SSSR count). The van der Waals surface area contributed by atoms with Gasteiger partial charge in [0.25, 0.3) is 0 Å². The van der Waals surface area contributed by atoms with Gasteiger partial charge in [-0.1, -0.05) is 209 Å². The van der Waals surface area contributed by atoms with Crippen LogP contribution in [-0.2, 0) is 5.41 Å². The Morgan fingerprint density at radius 1 is 0.234 bits per heavy atom. The Labute approximate surface area is 451 Å². The zero-order valence-electron chi connectivity index (χ0n) is 43.4. The minimum Gasteiger partial charge on any atom is -0.310 e. The first-order valence-corrected chi connectivity index (χ1v) is 26.8. The van der Waals surface area contributed by atoms with Gasteiger partial charge in [0.1, 0.15) is 0 Å². The van der Waals surface area contributed by atoms with Crippen LogP contribution in [0.3, 0.4) is 0 Å². The van der Waals surface area contributed by atoms with Crippen molar-refractivity contribution in [2.45, 2.75) is 26.2 Å².